The molecule has 2 aromatic carbocycles. The maximum Gasteiger partial charge on any atom is 0.0785 e. The molecule has 0 aliphatic heterocycles. The van der Waals surface area contributed by atoms with Gasteiger partial charge in [0.2, 0.25) is 0 Å². The minimum absolute atomic E-state index is 0.740. The van der Waals surface area contributed by atoms with Gasteiger partial charge < -0.3 is 4.90 Å². The van der Waals surface area contributed by atoms with Gasteiger partial charge in [-0.05, 0) is 31.9 Å². The molecule has 0 aliphatic rings. The molecule has 1 heterocycles. The fourth-order valence-electron chi connectivity index (χ4n) is 3.50. The number of aryl methyl sites for hydroxylation is 1. The van der Waals surface area contributed by atoms with Gasteiger partial charge in [0.15, 0.2) is 0 Å². The quantitative estimate of drug-likeness (QED) is 0.504. The number of hydrogen-bond donors (Lipinski definition) is 0. The first kappa shape index (κ1) is 17.8. The molecule has 25 heavy (non-hydrogen) atoms. The van der Waals surface area contributed by atoms with E-state index in [0.29, 0.717) is 0 Å². The molecule has 3 heteroatoms. The van der Waals surface area contributed by atoms with E-state index in [-0.39, 0.29) is 0 Å². The van der Waals surface area contributed by atoms with Gasteiger partial charge in [-0.15, -0.1) is 0 Å². The Kier molecular flexibility index (Phi) is 5.60. The van der Waals surface area contributed by atoms with Crippen molar-refractivity contribution >= 4 is 28.1 Å². The number of benzene rings is 2. The number of halogens is 1. The molecule has 3 aromatic rings. The number of rotatable bonds is 6. The molecule has 3 rings (SSSR count). The van der Waals surface area contributed by atoms with Crippen molar-refractivity contribution in [2.24, 2.45) is 0 Å². The minimum Gasteiger partial charge on any atom is -0.370 e. The van der Waals surface area contributed by atoms with Crippen LogP contribution >= 0.6 is 11.6 Å². The third kappa shape index (κ3) is 3.64. The molecule has 0 spiro atoms. The highest BCUT2D eigenvalue weighted by atomic mass is 35.5. The van der Waals surface area contributed by atoms with Crippen molar-refractivity contribution in [3.63, 3.8) is 0 Å². The second-order valence-electron chi connectivity index (χ2n) is 6.44. The van der Waals surface area contributed by atoms with Crippen LogP contribution in [0.3, 0.4) is 0 Å². The maximum absolute atomic E-state index is 6.21. The van der Waals surface area contributed by atoms with Crippen molar-refractivity contribution < 1.29 is 0 Å². The predicted octanol–water partition coefficient (Wildman–Crippen LogP) is 6.49. The van der Waals surface area contributed by atoms with Gasteiger partial charge in [0, 0.05) is 34.4 Å². The Labute approximate surface area is 155 Å². The van der Waals surface area contributed by atoms with Crippen molar-refractivity contribution in [1.82, 2.24) is 4.98 Å². The van der Waals surface area contributed by atoms with E-state index in [1.54, 1.807) is 0 Å². The second-order valence-corrected chi connectivity index (χ2v) is 6.87. The van der Waals surface area contributed by atoms with Crippen molar-refractivity contribution in [2.75, 3.05) is 18.0 Å². The highest BCUT2D eigenvalue weighted by Crippen LogP contribution is 2.36. The van der Waals surface area contributed by atoms with Gasteiger partial charge in [-0.2, -0.15) is 0 Å². The van der Waals surface area contributed by atoms with E-state index in [0.717, 1.165) is 47.9 Å². The topological polar surface area (TPSA) is 16.1 Å². The summed E-state index contributed by atoms with van der Waals surface area (Å²) in [7, 11) is 0. The molecule has 0 bridgehead atoms. The molecule has 130 valence electrons. The van der Waals surface area contributed by atoms with Gasteiger partial charge in [0.1, 0.15) is 0 Å². The molecule has 1 aromatic heterocycles. The zero-order chi connectivity index (χ0) is 17.8. The van der Waals surface area contributed by atoms with Crippen molar-refractivity contribution in [3.05, 3.63) is 59.2 Å². The second kappa shape index (κ2) is 7.88. The van der Waals surface area contributed by atoms with Crippen LogP contribution in [0.2, 0.25) is 5.02 Å². The summed E-state index contributed by atoms with van der Waals surface area (Å²) in [6, 6.07) is 16.5. The van der Waals surface area contributed by atoms with Crippen LogP contribution in [0.15, 0.2) is 48.5 Å². The maximum atomic E-state index is 6.21. The van der Waals surface area contributed by atoms with E-state index >= 15 is 0 Å². The average Bonchev–Trinajstić information content (AvgIpc) is 2.61. The van der Waals surface area contributed by atoms with Crippen LogP contribution in [0, 0.1) is 6.92 Å². The SMILES string of the molecule is CCCN(CCC)c1c(C)nc(-c2cccc(Cl)c2)c2ccccc12. The number of pyridine rings is 1. The Balaban J connectivity index is 2.25. The molecule has 0 saturated heterocycles. The number of aromatic nitrogens is 1. The van der Waals surface area contributed by atoms with Crippen molar-refractivity contribution in [1.29, 1.82) is 0 Å². The number of anilines is 1. The summed E-state index contributed by atoms with van der Waals surface area (Å²) in [5, 5.41) is 3.19. The van der Waals surface area contributed by atoms with Gasteiger partial charge in [0.05, 0.1) is 17.1 Å². The molecule has 0 atom stereocenters. The molecular formula is C22H25ClN2. The van der Waals surface area contributed by atoms with Gasteiger partial charge in [-0.3, -0.25) is 4.98 Å². The van der Waals surface area contributed by atoms with Crippen LogP contribution in [0.1, 0.15) is 32.4 Å². The van der Waals surface area contributed by atoms with Crippen molar-refractivity contribution in [3.8, 4) is 11.3 Å². The first-order valence-electron chi connectivity index (χ1n) is 9.06. The Morgan fingerprint density at radius 2 is 1.60 bits per heavy atom. The Morgan fingerprint density at radius 1 is 0.920 bits per heavy atom. The fraction of sp³-hybridized carbons (Fsp3) is 0.318. The van der Waals surface area contributed by atoms with Crippen molar-refractivity contribution in [2.45, 2.75) is 33.6 Å². The van der Waals surface area contributed by atoms with Crippen LogP contribution in [0.4, 0.5) is 5.69 Å². The Morgan fingerprint density at radius 3 is 2.24 bits per heavy atom. The van der Waals surface area contributed by atoms with Crippen LogP contribution in [-0.4, -0.2) is 18.1 Å². The molecule has 0 saturated carbocycles. The van der Waals surface area contributed by atoms with E-state index in [1.807, 2.05) is 18.2 Å². The molecule has 0 amide bonds. The molecule has 0 radical (unpaired) electrons. The molecular weight excluding hydrogens is 328 g/mol. The summed E-state index contributed by atoms with van der Waals surface area (Å²) < 4.78 is 0. The van der Waals surface area contributed by atoms with Crippen LogP contribution in [0.5, 0.6) is 0 Å². The van der Waals surface area contributed by atoms with Gasteiger partial charge >= 0.3 is 0 Å². The summed E-state index contributed by atoms with van der Waals surface area (Å²) in [4.78, 5) is 7.48. The van der Waals surface area contributed by atoms with E-state index in [9.17, 15) is 0 Å². The lowest BCUT2D eigenvalue weighted by Gasteiger charge is -2.27. The number of nitrogens with zero attached hydrogens (tertiary/aromatic N) is 2. The third-order valence-electron chi connectivity index (χ3n) is 4.46. The summed E-state index contributed by atoms with van der Waals surface area (Å²) in [5.41, 5.74) is 4.42. The molecule has 0 fully saturated rings. The summed E-state index contributed by atoms with van der Waals surface area (Å²) in [5.74, 6) is 0. The predicted molar refractivity (Wildman–Crippen MR) is 110 cm³/mol. The first-order chi connectivity index (χ1) is 12.2. The lowest BCUT2D eigenvalue weighted by Crippen LogP contribution is -2.26. The highest BCUT2D eigenvalue weighted by molar-refractivity contribution is 6.30. The zero-order valence-corrected chi connectivity index (χ0v) is 16.0. The molecule has 0 N–H and O–H groups in total. The highest BCUT2D eigenvalue weighted by Gasteiger charge is 2.17. The average molecular weight is 353 g/mol. The number of fused-ring (bicyclic) bond motifs is 1. The van der Waals surface area contributed by atoms with E-state index in [2.05, 4.69) is 56.0 Å². The molecule has 0 aliphatic carbocycles. The summed E-state index contributed by atoms with van der Waals surface area (Å²) in [6.07, 6.45) is 2.26. The third-order valence-corrected chi connectivity index (χ3v) is 4.70. The lowest BCUT2D eigenvalue weighted by molar-refractivity contribution is 0.743. The van der Waals surface area contributed by atoms with Crippen LogP contribution in [0.25, 0.3) is 22.0 Å². The van der Waals surface area contributed by atoms with Crippen LogP contribution in [-0.2, 0) is 0 Å². The van der Waals surface area contributed by atoms with E-state index < -0.39 is 0 Å². The smallest absolute Gasteiger partial charge is 0.0785 e. The zero-order valence-electron chi connectivity index (χ0n) is 15.2. The lowest BCUT2D eigenvalue weighted by atomic mass is 10.0. The number of hydrogen-bond acceptors (Lipinski definition) is 2. The first-order valence-corrected chi connectivity index (χ1v) is 9.43. The van der Waals surface area contributed by atoms with E-state index in [4.69, 9.17) is 16.6 Å². The van der Waals surface area contributed by atoms with Gasteiger partial charge in [-0.1, -0.05) is 61.8 Å². The Bertz CT molecular complexity index is 867. The molecule has 2 nitrogen and oxygen atoms in total. The van der Waals surface area contributed by atoms with Gasteiger partial charge in [-0.25, -0.2) is 0 Å². The molecule has 0 unspecified atom stereocenters. The normalized spacial score (nSPS) is 11.0. The van der Waals surface area contributed by atoms with E-state index in [1.165, 1.54) is 16.5 Å². The monoisotopic (exact) mass is 352 g/mol. The fourth-order valence-corrected chi connectivity index (χ4v) is 3.69. The summed E-state index contributed by atoms with van der Waals surface area (Å²) in [6.45, 7) is 8.68. The summed E-state index contributed by atoms with van der Waals surface area (Å²) >= 11 is 6.21. The largest absolute Gasteiger partial charge is 0.370 e. The minimum atomic E-state index is 0.740. The Hall–Kier alpha value is -2.06. The van der Waals surface area contributed by atoms with Gasteiger partial charge in [0.25, 0.3) is 0 Å². The standard InChI is InChI=1S/C22H25ClN2/c1-4-13-25(14-5-2)22-16(3)24-21(17-9-8-10-18(23)15-17)19-11-6-7-12-20(19)22/h6-12,15H,4-5,13-14H2,1-3H3. The van der Waals surface area contributed by atoms with Crippen LogP contribution < -0.4 is 4.90 Å².